The third-order valence-electron chi connectivity index (χ3n) is 3.17. The minimum atomic E-state index is -0.260. The van der Waals surface area contributed by atoms with Gasteiger partial charge < -0.3 is 20.6 Å². The van der Waals surface area contributed by atoms with E-state index in [0.717, 1.165) is 26.2 Å². The van der Waals surface area contributed by atoms with E-state index in [4.69, 9.17) is 0 Å². The molecule has 0 bridgehead atoms. The van der Waals surface area contributed by atoms with E-state index in [0.29, 0.717) is 5.56 Å². The second-order valence-corrected chi connectivity index (χ2v) is 4.20. The van der Waals surface area contributed by atoms with Gasteiger partial charge in [-0.25, -0.2) is 0 Å². The molecular weight excluding hydrogens is 220 g/mol. The predicted octanol–water partition coefficient (Wildman–Crippen LogP) is 0.0364. The summed E-state index contributed by atoms with van der Waals surface area (Å²) in [6.07, 6.45) is 0. The molecule has 1 heterocycles. The van der Waals surface area contributed by atoms with Gasteiger partial charge in [0.15, 0.2) is 11.5 Å². The number of nitrogens with one attached hydrogen (secondary N) is 1. The summed E-state index contributed by atoms with van der Waals surface area (Å²) in [5.41, 5.74) is 0.578. The predicted molar refractivity (Wildman–Crippen MR) is 64.0 cm³/mol. The van der Waals surface area contributed by atoms with E-state index in [9.17, 15) is 15.3 Å². The number of hydrogen-bond acceptors (Lipinski definition) is 5. The van der Waals surface area contributed by atoms with Crippen molar-refractivity contribution in [3.8, 4) is 11.5 Å². The van der Waals surface area contributed by atoms with Crippen LogP contribution in [-0.4, -0.2) is 53.0 Å². The van der Waals surface area contributed by atoms with Gasteiger partial charge in [-0.1, -0.05) is 12.1 Å². The molecule has 94 valence electrons. The Labute approximate surface area is 100 Å². The largest absolute Gasteiger partial charge is 0.504 e. The second-order valence-electron chi connectivity index (χ2n) is 4.20. The first-order valence-electron chi connectivity index (χ1n) is 5.80. The average Bonchev–Trinajstić information content (AvgIpc) is 2.37. The van der Waals surface area contributed by atoms with Crippen LogP contribution < -0.4 is 5.32 Å². The Morgan fingerprint density at radius 1 is 1.24 bits per heavy atom. The van der Waals surface area contributed by atoms with Crippen LogP contribution in [0.4, 0.5) is 0 Å². The van der Waals surface area contributed by atoms with Crippen molar-refractivity contribution >= 4 is 0 Å². The molecule has 1 atom stereocenters. The van der Waals surface area contributed by atoms with Crippen LogP contribution in [0.15, 0.2) is 18.2 Å². The molecule has 4 N–H and O–H groups in total. The number of phenolic OH excluding ortho intramolecular Hbond substituents is 2. The number of hydrogen-bond donors (Lipinski definition) is 4. The van der Waals surface area contributed by atoms with Crippen LogP contribution >= 0.6 is 0 Å². The molecule has 2 rings (SSSR count). The van der Waals surface area contributed by atoms with Crippen molar-refractivity contribution in [2.45, 2.75) is 6.04 Å². The Morgan fingerprint density at radius 2 is 1.94 bits per heavy atom. The summed E-state index contributed by atoms with van der Waals surface area (Å²) in [6.45, 7) is 3.31. The summed E-state index contributed by atoms with van der Waals surface area (Å²) in [6, 6.07) is 4.59. The van der Waals surface area contributed by atoms with Gasteiger partial charge in [0.05, 0.1) is 12.6 Å². The number of piperazine rings is 1. The Balaban J connectivity index is 2.24. The van der Waals surface area contributed by atoms with Gasteiger partial charge in [0.1, 0.15) is 0 Å². The van der Waals surface area contributed by atoms with E-state index < -0.39 is 0 Å². The smallest absolute Gasteiger partial charge is 0.162 e. The summed E-state index contributed by atoms with van der Waals surface area (Å²) in [5.74, 6) is -0.277. The minimum Gasteiger partial charge on any atom is -0.504 e. The number of aliphatic hydroxyl groups excluding tert-OH is 1. The van der Waals surface area contributed by atoms with Crippen LogP contribution in [0.2, 0.25) is 0 Å². The highest BCUT2D eigenvalue weighted by Crippen LogP contribution is 2.34. The normalized spacial score (nSPS) is 19.1. The Morgan fingerprint density at radius 3 is 2.59 bits per heavy atom. The second kappa shape index (κ2) is 5.35. The monoisotopic (exact) mass is 238 g/mol. The number of para-hydroxylation sites is 1. The maximum atomic E-state index is 9.83. The highest BCUT2D eigenvalue weighted by molar-refractivity contribution is 5.46. The molecule has 0 aromatic heterocycles. The molecule has 0 aliphatic carbocycles. The topological polar surface area (TPSA) is 76.0 Å². The molecule has 1 fully saturated rings. The lowest BCUT2D eigenvalue weighted by atomic mass is 10.0. The summed E-state index contributed by atoms with van der Waals surface area (Å²) in [7, 11) is 0. The fraction of sp³-hybridized carbons (Fsp3) is 0.500. The summed E-state index contributed by atoms with van der Waals surface area (Å²) in [4.78, 5) is 2.10. The molecule has 1 saturated heterocycles. The first-order chi connectivity index (χ1) is 8.24. The molecule has 1 aromatic rings. The molecule has 0 saturated carbocycles. The van der Waals surface area contributed by atoms with Crippen LogP contribution in [0.3, 0.4) is 0 Å². The minimum absolute atomic E-state index is 0.0724. The number of benzene rings is 1. The van der Waals surface area contributed by atoms with Crippen LogP contribution in [0.25, 0.3) is 0 Å². The number of phenols is 2. The lowest BCUT2D eigenvalue weighted by Gasteiger charge is -2.34. The fourth-order valence-corrected chi connectivity index (χ4v) is 2.22. The number of aliphatic hydroxyl groups is 1. The highest BCUT2D eigenvalue weighted by atomic mass is 16.3. The van der Waals surface area contributed by atoms with Crippen molar-refractivity contribution < 1.29 is 15.3 Å². The van der Waals surface area contributed by atoms with E-state index in [1.807, 2.05) is 0 Å². The van der Waals surface area contributed by atoms with Crippen molar-refractivity contribution in [2.75, 3.05) is 32.8 Å². The number of rotatable bonds is 3. The molecule has 0 radical (unpaired) electrons. The maximum absolute atomic E-state index is 9.83. The Hall–Kier alpha value is -1.30. The molecule has 17 heavy (non-hydrogen) atoms. The van der Waals surface area contributed by atoms with Crippen molar-refractivity contribution in [2.24, 2.45) is 0 Å². The zero-order valence-corrected chi connectivity index (χ0v) is 9.63. The summed E-state index contributed by atoms with van der Waals surface area (Å²) >= 11 is 0. The molecule has 5 nitrogen and oxygen atoms in total. The molecule has 5 heteroatoms. The highest BCUT2D eigenvalue weighted by Gasteiger charge is 2.24. The zero-order valence-electron chi connectivity index (χ0n) is 9.63. The summed E-state index contributed by atoms with van der Waals surface area (Å²) < 4.78 is 0. The molecule has 1 aromatic carbocycles. The van der Waals surface area contributed by atoms with Gasteiger partial charge in [0, 0.05) is 31.7 Å². The SMILES string of the molecule is OC[C@@H](c1cccc(O)c1O)N1CCNCC1. The van der Waals surface area contributed by atoms with Gasteiger partial charge >= 0.3 is 0 Å². The van der Waals surface area contributed by atoms with E-state index in [2.05, 4.69) is 10.2 Å². The van der Waals surface area contributed by atoms with Crippen LogP contribution in [0.1, 0.15) is 11.6 Å². The summed E-state index contributed by atoms with van der Waals surface area (Å²) in [5, 5.41) is 32.0. The molecule has 0 unspecified atom stereocenters. The number of nitrogens with zero attached hydrogens (tertiary/aromatic N) is 1. The number of aromatic hydroxyl groups is 2. The van der Waals surface area contributed by atoms with Gasteiger partial charge in [-0.15, -0.1) is 0 Å². The van der Waals surface area contributed by atoms with Crippen LogP contribution in [-0.2, 0) is 0 Å². The van der Waals surface area contributed by atoms with Gasteiger partial charge in [-0.2, -0.15) is 0 Å². The average molecular weight is 238 g/mol. The molecule has 0 spiro atoms. The third-order valence-corrected chi connectivity index (χ3v) is 3.17. The standard InChI is InChI=1S/C12H18N2O3/c15-8-10(14-6-4-13-5-7-14)9-2-1-3-11(16)12(9)17/h1-3,10,13,15-17H,4-8H2/t10-/m0/s1. The first kappa shape index (κ1) is 12.2. The van der Waals surface area contributed by atoms with Gasteiger partial charge in [-0.3, -0.25) is 4.90 Å². The first-order valence-corrected chi connectivity index (χ1v) is 5.80. The quantitative estimate of drug-likeness (QED) is 0.559. The molecule has 0 amide bonds. The van der Waals surface area contributed by atoms with Crippen molar-refractivity contribution in [3.63, 3.8) is 0 Å². The van der Waals surface area contributed by atoms with E-state index in [-0.39, 0.29) is 24.1 Å². The van der Waals surface area contributed by atoms with Crippen molar-refractivity contribution in [3.05, 3.63) is 23.8 Å². The lowest BCUT2D eigenvalue weighted by molar-refractivity contribution is 0.108. The lowest BCUT2D eigenvalue weighted by Crippen LogP contribution is -2.46. The van der Waals surface area contributed by atoms with E-state index in [1.54, 1.807) is 12.1 Å². The van der Waals surface area contributed by atoms with Gasteiger partial charge in [-0.05, 0) is 6.07 Å². The van der Waals surface area contributed by atoms with Crippen molar-refractivity contribution in [1.82, 2.24) is 10.2 Å². The fourth-order valence-electron chi connectivity index (χ4n) is 2.22. The maximum Gasteiger partial charge on any atom is 0.162 e. The molecule has 1 aliphatic heterocycles. The van der Waals surface area contributed by atoms with Crippen LogP contribution in [0.5, 0.6) is 11.5 Å². The molecular formula is C12H18N2O3. The van der Waals surface area contributed by atoms with Crippen molar-refractivity contribution in [1.29, 1.82) is 0 Å². The van der Waals surface area contributed by atoms with Gasteiger partial charge in [0.25, 0.3) is 0 Å². The van der Waals surface area contributed by atoms with E-state index in [1.165, 1.54) is 6.07 Å². The Bertz CT molecular complexity index is 378. The van der Waals surface area contributed by atoms with Gasteiger partial charge in [0.2, 0.25) is 0 Å². The third kappa shape index (κ3) is 2.52. The molecule has 1 aliphatic rings. The Kier molecular flexibility index (Phi) is 3.83. The zero-order chi connectivity index (χ0) is 12.3. The van der Waals surface area contributed by atoms with Crippen LogP contribution in [0, 0.1) is 0 Å². The van der Waals surface area contributed by atoms with E-state index >= 15 is 0 Å².